The fraction of sp³-hybridized carbons (Fsp3) is 0.308. The van der Waals surface area contributed by atoms with Crippen molar-refractivity contribution in [2.24, 2.45) is 0 Å². The molecule has 1 saturated carbocycles. The van der Waals surface area contributed by atoms with Crippen molar-refractivity contribution >= 4 is 22.6 Å². The molecule has 1 aromatic carbocycles. The van der Waals surface area contributed by atoms with Crippen LogP contribution in [0.3, 0.4) is 0 Å². The molecule has 1 aliphatic carbocycles. The topological polar surface area (TPSA) is 58.1 Å². The molecular formula is C13H14N4OS. The first-order chi connectivity index (χ1) is 9.33. The number of benzene rings is 1. The number of carbonyl (C=O) groups excluding carboxylic acids is 1. The van der Waals surface area contributed by atoms with Crippen LogP contribution in [-0.4, -0.2) is 26.6 Å². The van der Waals surface area contributed by atoms with E-state index >= 15 is 0 Å². The highest BCUT2D eigenvalue weighted by Gasteiger charge is 2.32. The summed E-state index contributed by atoms with van der Waals surface area (Å²) in [5.41, 5.74) is 1.15. The van der Waals surface area contributed by atoms with Crippen LogP contribution in [0.2, 0.25) is 0 Å². The van der Waals surface area contributed by atoms with Gasteiger partial charge in [-0.1, -0.05) is 34.8 Å². The van der Waals surface area contributed by atoms with Gasteiger partial charge < -0.3 is 4.90 Å². The summed E-state index contributed by atoms with van der Waals surface area (Å²) in [6.45, 7) is 0.642. The van der Waals surface area contributed by atoms with Gasteiger partial charge in [-0.25, -0.2) is 4.79 Å². The summed E-state index contributed by atoms with van der Waals surface area (Å²) in [4.78, 5) is 14.1. The molecule has 1 aliphatic rings. The van der Waals surface area contributed by atoms with Gasteiger partial charge in [-0.3, -0.25) is 5.32 Å². The highest BCUT2D eigenvalue weighted by molar-refractivity contribution is 7.10. The fourth-order valence-electron chi connectivity index (χ4n) is 1.93. The Kier molecular flexibility index (Phi) is 3.41. The summed E-state index contributed by atoms with van der Waals surface area (Å²) < 4.78 is 3.74. The van der Waals surface area contributed by atoms with Crippen LogP contribution in [0.5, 0.6) is 0 Å². The van der Waals surface area contributed by atoms with E-state index in [9.17, 15) is 4.79 Å². The Bertz CT molecular complexity index is 539. The molecule has 0 saturated heterocycles. The number of carbonyl (C=O) groups is 1. The monoisotopic (exact) mass is 274 g/mol. The number of amides is 2. The van der Waals surface area contributed by atoms with Crippen LogP contribution in [0.25, 0.3) is 0 Å². The maximum absolute atomic E-state index is 12.3. The van der Waals surface area contributed by atoms with Gasteiger partial charge in [0.2, 0.25) is 0 Å². The first kappa shape index (κ1) is 12.1. The Hall–Kier alpha value is -1.95. The number of nitrogens with one attached hydrogen (secondary N) is 1. The molecule has 6 heteroatoms. The van der Waals surface area contributed by atoms with Crippen molar-refractivity contribution in [3.63, 3.8) is 0 Å². The molecule has 5 nitrogen and oxygen atoms in total. The lowest BCUT2D eigenvalue weighted by Crippen LogP contribution is -2.36. The molecule has 1 N–H and O–H groups in total. The molecule has 0 radical (unpaired) electrons. The largest absolute Gasteiger partial charge is 0.323 e. The number of hydrogen-bond acceptors (Lipinski definition) is 4. The van der Waals surface area contributed by atoms with E-state index in [0.29, 0.717) is 17.6 Å². The second kappa shape index (κ2) is 5.36. The summed E-state index contributed by atoms with van der Waals surface area (Å²) in [5.74, 6) is 0. The van der Waals surface area contributed by atoms with Crippen molar-refractivity contribution in [3.05, 3.63) is 42.1 Å². The highest BCUT2D eigenvalue weighted by Crippen LogP contribution is 2.29. The molecule has 1 heterocycles. The van der Waals surface area contributed by atoms with E-state index in [0.717, 1.165) is 18.4 Å². The number of hydrogen-bond donors (Lipinski definition) is 1. The van der Waals surface area contributed by atoms with Crippen molar-refractivity contribution in [3.8, 4) is 0 Å². The van der Waals surface area contributed by atoms with E-state index in [4.69, 9.17) is 0 Å². The molecular weight excluding hydrogens is 260 g/mol. The van der Waals surface area contributed by atoms with Crippen LogP contribution in [0.15, 0.2) is 36.5 Å². The first-order valence-corrected chi connectivity index (χ1v) is 6.99. The van der Waals surface area contributed by atoms with Gasteiger partial charge in [0.1, 0.15) is 5.00 Å². The normalized spacial score (nSPS) is 14.1. The summed E-state index contributed by atoms with van der Waals surface area (Å²) in [5, 5.41) is 7.24. The van der Waals surface area contributed by atoms with E-state index < -0.39 is 0 Å². The quantitative estimate of drug-likeness (QED) is 0.932. The molecule has 0 unspecified atom stereocenters. The van der Waals surface area contributed by atoms with Gasteiger partial charge in [0.05, 0.1) is 6.20 Å². The Balaban J connectivity index is 1.69. The minimum absolute atomic E-state index is 0.0718. The molecule has 0 aliphatic heterocycles. The summed E-state index contributed by atoms with van der Waals surface area (Å²) in [7, 11) is 0. The van der Waals surface area contributed by atoms with Gasteiger partial charge in [-0.2, -0.15) is 0 Å². The lowest BCUT2D eigenvalue weighted by Gasteiger charge is -2.22. The average molecular weight is 274 g/mol. The van der Waals surface area contributed by atoms with Crippen LogP contribution < -0.4 is 5.32 Å². The van der Waals surface area contributed by atoms with Crippen molar-refractivity contribution in [2.45, 2.75) is 25.4 Å². The predicted octanol–water partition coefficient (Wildman–Crippen LogP) is 2.73. The molecule has 2 amide bonds. The van der Waals surface area contributed by atoms with Gasteiger partial charge in [-0.15, -0.1) is 5.10 Å². The molecule has 0 bridgehead atoms. The first-order valence-electron chi connectivity index (χ1n) is 6.22. The van der Waals surface area contributed by atoms with E-state index in [-0.39, 0.29) is 6.03 Å². The second-order valence-corrected chi connectivity index (χ2v) is 5.34. The van der Waals surface area contributed by atoms with Crippen molar-refractivity contribution in [2.75, 3.05) is 5.32 Å². The molecule has 1 aromatic heterocycles. The summed E-state index contributed by atoms with van der Waals surface area (Å²) in [6.07, 6.45) is 3.73. The minimum Gasteiger partial charge on any atom is -0.317 e. The third kappa shape index (κ3) is 3.08. The number of nitrogens with zero attached hydrogens (tertiary/aromatic N) is 3. The van der Waals surface area contributed by atoms with Crippen molar-refractivity contribution < 1.29 is 4.79 Å². The average Bonchev–Trinajstić information content (AvgIpc) is 3.15. The fourth-order valence-corrected chi connectivity index (χ4v) is 2.34. The maximum atomic E-state index is 12.3. The van der Waals surface area contributed by atoms with Gasteiger partial charge in [-0.05, 0) is 18.4 Å². The number of anilines is 1. The third-order valence-electron chi connectivity index (χ3n) is 3.04. The van der Waals surface area contributed by atoms with Crippen LogP contribution in [0, 0.1) is 0 Å². The maximum Gasteiger partial charge on any atom is 0.323 e. The minimum atomic E-state index is -0.0718. The molecule has 2 aromatic rings. The van der Waals surface area contributed by atoms with Crippen LogP contribution in [-0.2, 0) is 6.54 Å². The van der Waals surface area contributed by atoms with Gasteiger partial charge in [0, 0.05) is 24.1 Å². The molecule has 0 atom stereocenters. The van der Waals surface area contributed by atoms with E-state index in [1.54, 1.807) is 6.20 Å². The Morgan fingerprint density at radius 1 is 1.37 bits per heavy atom. The zero-order chi connectivity index (χ0) is 13.1. The van der Waals surface area contributed by atoms with Crippen LogP contribution in [0.4, 0.5) is 9.80 Å². The smallest absolute Gasteiger partial charge is 0.317 e. The molecule has 98 valence electrons. The second-order valence-electron chi connectivity index (χ2n) is 4.56. The van der Waals surface area contributed by atoms with Gasteiger partial charge >= 0.3 is 6.03 Å². The number of aromatic nitrogens is 2. The predicted molar refractivity (Wildman–Crippen MR) is 73.9 cm³/mol. The van der Waals surface area contributed by atoms with Gasteiger partial charge in [0.25, 0.3) is 0 Å². The van der Waals surface area contributed by atoms with Gasteiger partial charge in [0.15, 0.2) is 0 Å². The van der Waals surface area contributed by atoms with Crippen LogP contribution >= 0.6 is 11.5 Å². The molecule has 1 fully saturated rings. The van der Waals surface area contributed by atoms with E-state index in [1.165, 1.54) is 11.5 Å². The standard InChI is InChI=1S/C13H14N4OS/c18-13(15-12-8-14-16-19-12)17(11-6-7-11)9-10-4-2-1-3-5-10/h1-5,8,11H,6-7,9H2,(H,15,18). The Morgan fingerprint density at radius 2 is 2.16 bits per heavy atom. The SMILES string of the molecule is O=C(Nc1cnns1)N(Cc1ccccc1)C1CC1. The molecule has 0 spiro atoms. The number of rotatable bonds is 4. The Labute approximate surface area is 115 Å². The van der Waals surface area contributed by atoms with Crippen molar-refractivity contribution in [1.82, 2.24) is 14.5 Å². The highest BCUT2D eigenvalue weighted by atomic mass is 32.1. The molecule has 3 rings (SSSR count). The summed E-state index contributed by atoms with van der Waals surface area (Å²) in [6, 6.07) is 10.3. The number of urea groups is 1. The third-order valence-corrected chi connectivity index (χ3v) is 3.62. The lowest BCUT2D eigenvalue weighted by atomic mass is 10.2. The Morgan fingerprint density at radius 3 is 2.79 bits per heavy atom. The van der Waals surface area contributed by atoms with E-state index in [1.807, 2.05) is 35.2 Å². The van der Waals surface area contributed by atoms with Crippen LogP contribution in [0.1, 0.15) is 18.4 Å². The molecule has 19 heavy (non-hydrogen) atoms. The lowest BCUT2D eigenvalue weighted by molar-refractivity contribution is 0.206. The van der Waals surface area contributed by atoms with Crippen molar-refractivity contribution in [1.29, 1.82) is 0 Å². The zero-order valence-corrected chi connectivity index (χ0v) is 11.1. The van der Waals surface area contributed by atoms with E-state index in [2.05, 4.69) is 14.9 Å². The summed E-state index contributed by atoms with van der Waals surface area (Å²) >= 11 is 1.19. The zero-order valence-electron chi connectivity index (χ0n) is 10.3.